The van der Waals surface area contributed by atoms with Crippen LogP contribution in [0.25, 0.3) is 0 Å². The fraction of sp³-hybridized carbons (Fsp3) is 0.583. The van der Waals surface area contributed by atoms with Crippen LogP contribution in [0, 0.1) is 0 Å². The Bertz CT molecular complexity index is 627. The van der Waals surface area contributed by atoms with E-state index in [0.29, 0.717) is 17.9 Å². The first kappa shape index (κ1) is 13.3. The van der Waals surface area contributed by atoms with Gasteiger partial charge in [-0.1, -0.05) is 0 Å². The van der Waals surface area contributed by atoms with Crippen LogP contribution < -0.4 is 10.6 Å². The van der Waals surface area contributed by atoms with E-state index in [4.69, 9.17) is 0 Å². The summed E-state index contributed by atoms with van der Waals surface area (Å²) in [6.07, 6.45) is 3.91. The maximum atomic E-state index is 11.9. The predicted molar refractivity (Wildman–Crippen MR) is 73.2 cm³/mol. The number of aromatic nitrogens is 2. The van der Waals surface area contributed by atoms with Crippen LogP contribution in [0.2, 0.25) is 0 Å². The highest BCUT2D eigenvalue weighted by atomic mass is 32.2. The standard InChI is InChI=1S/C12H16N4O3S/c17-12(16-8-1-2-8)10-5-11(14-7-13-10)15-9-3-4-20(18,19)6-9/h5,7-9H,1-4,6H2,(H,16,17)(H,13,14,15). The van der Waals surface area contributed by atoms with Crippen LogP contribution in [0.4, 0.5) is 5.82 Å². The number of nitrogens with zero attached hydrogens (tertiary/aromatic N) is 2. The number of anilines is 1. The van der Waals surface area contributed by atoms with Crippen molar-refractivity contribution in [3.63, 3.8) is 0 Å². The molecule has 2 fully saturated rings. The molecule has 1 aliphatic heterocycles. The minimum atomic E-state index is -2.93. The first-order chi connectivity index (χ1) is 9.52. The van der Waals surface area contributed by atoms with Crippen molar-refractivity contribution in [3.8, 4) is 0 Å². The quantitative estimate of drug-likeness (QED) is 0.809. The third kappa shape index (κ3) is 3.24. The Morgan fingerprint density at radius 2 is 2.00 bits per heavy atom. The van der Waals surface area contributed by atoms with Gasteiger partial charge < -0.3 is 10.6 Å². The smallest absolute Gasteiger partial charge is 0.270 e. The second-order valence-corrected chi connectivity index (χ2v) is 7.51. The van der Waals surface area contributed by atoms with Crippen LogP contribution in [0.1, 0.15) is 29.8 Å². The molecule has 1 aliphatic carbocycles. The van der Waals surface area contributed by atoms with Crippen molar-refractivity contribution in [2.24, 2.45) is 0 Å². The maximum Gasteiger partial charge on any atom is 0.270 e. The number of sulfone groups is 1. The lowest BCUT2D eigenvalue weighted by Gasteiger charge is -2.11. The van der Waals surface area contributed by atoms with Crippen molar-refractivity contribution in [3.05, 3.63) is 18.1 Å². The number of nitrogens with one attached hydrogen (secondary N) is 2. The first-order valence-electron chi connectivity index (χ1n) is 6.62. The third-order valence-corrected chi connectivity index (χ3v) is 5.16. The highest BCUT2D eigenvalue weighted by molar-refractivity contribution is 7.91. The zero-order valence-corrected chi connectivity index (χ0v) is 11.7. The highest BCUT2D eigenvalue weighted by Crippen LogP contribution is 2.20. The zero-order valence-electron chi connectivity index (χ0n) is 10.9. The number of hydrogen-bond donors (Lipinski definition) is 2. The average molecular weight is 296 g/mol. The molecule has 1 aromatic heterocycles. The van der Waals surface area contributed by atoms with Gasteiger partial charge in [-0.15, -0.1) is 0 Å². The van der Waals surface area contributed by atoms with E-state index in [0.717, 1.165) is 12.8 Å². The summed E-state index contributed by atoms with van der Waals surface area (Å²) >= 11 is 0. The molecule has 2 aliphatic rings. The van der Waals surface area contributed by atoms with E-state index in [1.165, 1.54) is 6.33 Å². The Morgan fingerprint density at radius 3 is 2.65 bits per heavy atom. The molecule has 1 atom stereocenters. The molecule has 8 heteroatoms. The topological polar surface area (TPSA) is 101 Å². The van der Waals surface area contributed by atoms with Gasteiger partial charge in [0.2, 0.25) is 0 Å². The van der Waals surface area contributed by atoms with Gasteiger partial charge in [0.25, 0.3) is 5.91 Å². The zero-order chi connectivity index (χ0) is 14.2. The van der Waals surface area contributed by atoms with E-state index in [9.17, 15) is 13.2 Å². The summed E-state index contributed by atoms with van der Waals surface area (Å²) in [6, 6.07) is 1.69. The number of carbonyl (C=O) groups is 1. The second-order valence-electron chi connectivity index (χ2n) is 5.28. The predicted octanol–water partition coefficient (Wildman–Crippen LogP) is -0.0322. The van der Waals surface area contributed by atoms with E-state index < -0.39 is 9.84 Å². The van der Waals surface area contributed by atoms with E-state index in [2.05, 4.69) is 20.6 Å². The van der Waals surface area contributed by atoms with Gasteiger partial charge in [0.15, 0.2) is 9.84 Å². The van der Waals surface area contributed by atoms with Crippen LogP contribution in [-0.4, -0.2) is 47.9 Å². The van der Waals surface area contributed by atoms with E-state index in [1.54, 1.807) is 6.07 Å². The molecule has 0 radical (unpaired) electrons. The Morgan fingerprint density at radius 1 is 1.20 bits per heavy atom. The van der Waals surface area contributed by atoms with Crippen molar-refractivity contribution in [2.45, 2.75) is 31.3 Å². The monoisotopic (exact) mass is 296 g/mol. The molecular weight excluding hydrogens is 280 g/mol. The molecule has 1 saturated carbocycles. The van der Waals surface area contributed by atoms with Crippen LogP contribution in [0.3, 0.4) is 0 Å². The van der Waals surface area contributed by atoms with Gasteiger partial charge in [-0.25, -0.2) is 18.4 Å². The molecule has 108 valence electrons. The molecule has 7 nitrogen and oxygen atoms in total. The van der Waals surface area contributed by atoms with Gasteiger partial charge in [-0.3, -0.25) is 4.79 Å². The number of amides is 1. The van der Waals surface area contributed by atoms with Crippen molar-refractivity contribution < 1.29 is 13.2 Å². The summed E-state index contributed by atoms with van der Waals surface area (Å²) in [5, 5.41) is 5.90. The molecule has 1 saturated heterocycles. The van der Waals surface area contributed by atoms with Gasteiger partial charge in [-0.05, 0) is 19.3 Å². The lowest BCUT2D eigenvalue weighted by atomic mass is 10.2. The summed E-state index contributed by atoms with van der Waals surface area (Å²) in [5.74, 6) is 0.589. The summed E-state index contributed by atoms with van der Waals surface area (Å²) in [7, 11) is -2.93. The van der Waals surface area contributed by atoms with Gasteiger partial charge >= 0.3 is 0 Å². The van der Waals surface area contributed by atoms with Crippen LogP contribution in [0.5, 0.6) is 0 Å². The molecule has 0 aromatic carbocycles. The fourth-order valence-electron chi connectivity index (χ4n) is 2.17. The number of hydrogen-bond acceptors (Lipinski definition) is 6. The normalized spacial score (nSPS) is 24.3. The van der Waals surface area contributed by atoms with Crippen LogP contribution in [-0.2, 0) is 9.84 Å². The van der Waals surface area contributed by atoms with Gasteiger partial charge in [0.05, 0.1) is 11.5 Å². The molecule has 0 spiro atoms. The van der Waals surface area contributed by atoms with Crippen molar-refractivity contribution in [2.75, 3.05) is 16.8 Å². The number of carbonyl (C=O) groups excluding carboxylic acids is 1. The van der Waals surface area contributed by atoms with E-state index in [1.807, 2.05) is 0 Å². The van der Waals surface area contributed by atoms with Crippen molar-refractivity contribution in [1.82, 2.24) is 15.3 Å². The van der Waals surface area contributed by atoms with Crippen LogP contribution >= 0.6 is 0 Å². The first-order valence-corrected chi connectivity index (χ1v) is 8.44. The Kier molecular flexibility index (Phi) is 3.33. The SMILES string of the molecule is O=C(NC1CC1)c1cc(NC2CCS(=O)(=O)C2)ncn1. The summed E-state index contributed by atoms with van der Waals surface area (Å²) < 4.78 is 22.8. The maximum absolute atomic E-state index is 11.9. The summed E-state index contributed by atoms with van der Waals surface area (Å²) in [5.41, 5.74) is 0.301. The molecular formula is C12H16N4O3S. The fourth-order valence-corrected chi connectivity index (χ4v) is 3.84. The molecule has 2 heterocycles. The van der Waals surface area contributed by atoms with Gasteiger partial charge in [0.1, 0.15) is 17.8 Å². The molecule has 3 rings (SSSR count). The largest absolute Gasteiger partial charge is 0.366 e. The number of rotatable bonds is 4. The third-order valence-electron chi connectivity index (χ3n) is 3.40. The highest BCUT2D eigenvalue weighted by Gasteiger charge is 2.28. The molecule has 1 aromatic rings. The summed E-state index contributed by atoms with van der Waals surface area (Å²) in [6.45, 7) is 0. The lowest BCUT2D eigenvalue weighted by Crippen LogP contribution is -2.27. The molecule has 0 bridgehead atoms. The lowest BCUT2D eigenvalue weighted by molar-refractivity contribution is 0.0946. The second kappa shape index (κ2) is 5.01. The Hall–Kier alpha value is -1.70. The molecule has 20 heavy (non-hydrogen) atoms. The van der Waals surface area contributed by atoms with E-state index in [-0.39, 0.29) is 29.5 Å². The average Bonchev–Trinajstić information content (AvgIpc) is 3.14. The minimum Gasteiger partial charge on any atom is -0.366 e. The summed E-state index contributed by atoms with van der Waals surface area (Å²) in [4.78, 5) is 19.8. The van der Waals surface area contributed by atoms with Crippen molar-refractivity contribution >= 4 is 21.6 Å². The van der Waals surface area contributed by atoms with E-state index >= 15 is 0 Å². The Labute approximate surface area is 117 Å². The van der Waals surface area contributed by atoms with Crippen molar-refractivity contribution in [1.29, 1.82) is 0 Å². The molecule has 1 amide bonds. The minimum absolute atomic E-state index is 0.112. The Balaban J connectivity index is 1.66. The van der Waals surface area contributed by atoms with Gasteiger partial charge in [-0.2, -0.15) is 0 Å². The molecule has 1 unspecified atom stereocenters. The van der Waals surface area contributed by atoms with Gasteiger partial charge in [0, 0.05) is 18.2 Å². The molecule has 2 N–H and O–H groups in total. The van der Waals surface area contributed by atoms with Crippen LogP contribution in [0.15, 0.2) is 12.4 Å².